The molecule has 10 heavy (non-hydrogen) atoms. The van der Waals surface area contributed by atoms with E-state index in [0.717, 1.165) is 4.91 Å². The Bertz CT molecular complexity index is 181. The van der Waals surface area contributed by atoms with Crippen molar-refractivity contribution in [3.05, 3.63) is 34.8 Å². The molecule has 0 saturated carbocycles. The lowest BCUT2D eigenvalue weighted by Gasteiger charge is -1.95. The molecule has 1 heteroatoms. The van der Waals surface area contributed by atoms with Crippen LogP contribution >= 0.6 is 12.6 Å². The molecule has 0 aromatic carbocycles. The van der Waals surface area contributed by atoms with Gasteiger partial charge in [-0.3, -0.25) is 0 Å². The van der Waals surface area contributed by atoms with E-state index in [1.165, 1.54) is 11.1 Å². The minimum absolute atomic E-state index is 0.915. The van der Waals surface area contributed by atoms with Crippen molar-refractivity contribution < 1.29 is 0 Å². The van der Waals surface area contributed by atoms with Crippen molar-refractivity contribution in [2.75, 3.05) is 0 Å². The summed E-state index contributed by atoms with van der Waals surface area (Å²) in [6.45, 7) is 9.83. The molecule has 0 nitrogen and oxygen atoms in total. The van der Waals surface area contributed by atoms with Crippen molar-refractivity contribution in [1.82, 2.24) is 0 Å². The van der Waals surface area contributed by atoms with Crippen molar-refractivity contribution in [3.8, 4) is 0 Å². The van der Waals surface area contributed by atoms with E-state index < -0.39 is 0 Å². The molecule has 0 amide bonds. The molecule has 0 spiro atoms. The van der Waals surface area contributed by atoms with Gasteiger partial charge in [0, 0.05) is 4.91 Å². The summed E-state index contributed by atoms with van der Waals surface area (Å²) in [6.07, 6.45) is 3.74. The van der Waals surface area contributed by atoms with E-state index in [0.29, 0.717) is 0 Å². The zero-order valence-electron chi connectivity index (χ0n) is 6.81. The fourth-order valence-corrected chi connectivity index (χ4v) is 0.619. The van der Waals surface area contributed by atoms with Gasteiger partial charge < -0.3 is 0 Å². The van der Waals surface area contributed by atoms with Crippen LogP contribution in [0, 0.1) is 0 Å². The van der Waals surface area contributed by atoms with Gasteiger partial charge in [0.2, 0.25) is 0 Å². The molecule has 0 N–H and O–H groups in total. The lowest BCUT2D eigenvalue weighted by Crippen LogP contribution is -1.74. The van der Waals surface area contributed by atoms with Crippen LogP contribution in [-0.2, 0) is 0 Å². The monoisotopic (exact) mass is 154 g/mol. The molecule has 0 aliphatic carbocycles. The number of hydrogen-bond acceptors (Lipinski definition) is 1. The van der Waals surface area contributed by atoms with Gasteiger partial charge in [-0.05, 0) is 26.8 Å². The number of hydrogen-bond donors (Lipinski definition) is 1. The summed E-state index contributed by atoms with van der Waals surface area (Å²) in [5.74, 6) is 0. The summed E-state index contributed by atoms with van der Waals surface area (Å²) in [5, 5.41) is 0. The van der Waals surface area contributed by atoms with Gasteiger partial charge in [0.25, 0.3) is 0 Å². The lowest BCUT2D eigenvalue weighted by molar-refractivity contribution is 1.29. The normalized spacial score (nSPS) is 11.0. The summed E-state index contributed by atoms with van der Waals surface area (Å²) in [4.78, 5) is 0.915. The average molecular weight is 154 g/mol. The van der Waals surface area contributed by atoms with Crippen LogP contribution in [0.25, 0.3) is 0 Å². The zero-order valence-corrected chi connectivity index (χ0v) is 7.70. The first-order chi connectivity index (χ1) is 4.57. The lowest BCUT2D eigenvalue weighted by atomic mass is 10.1. The second kappa shape index (κ2) is 4.40. The van der Waals surface area contributed by atoms with E-state index in [1.807, 2.05) is 6.08 Å². The largest absolute Gasteiger partial charge is 0.143 e. The molecule has 0 aliphatic heterocycles. The van der Waals surface area contributed by atoms with Crippen molar-refractivity contribution in [2.45, 2.75) is 20.8 Å². The second-order valence-electron chi connectivity index (χ2n) is 2.46. The van der Waals surface area contributed by atoms with Crippen LogP contribution in [0.15, 0.2) is 34.8 Å². The third-order valence-corrected chi connectivity index (χ3v) is 1.67. The summed E-state index contributed by atoms with van der Waals surface area (Å²) in [5.41, 5.74) is 2.57. The Morgan fingerprint density at radius 3 is 2.10 bits per heavy atom. The Morgan fingerprint density at radius 2 is 1.80 bits per heavy atom. The highest BCUT2D eigenvalue weighted by Gasteiger charge is 1.86. The minimum Gasteiger partial charge on any atom is -0.143 e. The predicted molar refractivity (Wildman–Crippen MR) is 51.3 cm³/mol. The molecular weight excluding hydrogens is 140 g/mol. The van der Waals surface area contributed by atoms with Crippen LogP contribution in [0.2, 0.25) is 0 Å². The van der Waals surface area contributed by atoms with Crippen LogP contribution < -0.4 is 0 Å². The van der Waals surface area contributed by atoms with Crippen molar-refractivity contribution in [1.29, 1.82) is 0 Å². The van der Waals surface area contributed by atoms with E-state index in [9.17, 15) is 0 Å². The van der Waals surface area contributed by atoms with Gasteiger partial charge in [0.05, 0.1) is 0 Å². The number of allylic oxidation sites excluding steroid dienone is 4. The van der Waals surface area contributed by atoms with Gasteiger partial charge in [0.1, 0.15) is 0 Å². The maximum absolute atomic E-state index is 4.17. The SMILES string of the molecule is C=C/C(S)=C\C(C)=C(C)C. The third-order valence-electron chi connectivity index (χ3n) is 1.36. The molecule has 0 aromatic rings. The minimum atomic E-state index is 0.915. The molecule has 0 atom stereocenters. The molecule has 0 aromatic heterocycles. The number of rotatable bonds is 2. The molecule has 0 bridgehead atoms. The Kier molecular flexibility index (Phi) is 4.21. The van der Waals surface area contributed by atoms with E-state index in [-0.39, 0.29) is 0 Å². The second-order valence-corrected chi connectivity index (χ2v) is 2.97. The van der Waals surface area contributed by atoms with Crippen LogP contribution in [0.1, 0.15) is 20.8 Å². The summed E-state index contributed by atoms with van der Waals surface area (Å²) in [6, 6.07) is 0. The smallest absolute Gasteiger partial charge is 0.00367 e. The van der Waals surface area contributed by atoms with Crippen LogP contribution in [0.3, 0.4) is 0 Å². The molecule has 0 saturated heterocycles. The standard InChI is InChI=1S/C9H14S/c1-5-9(10)6-8(4)7(2)3/h5-6,10H,1H2,2-4H3/b9-6+. The highest BCUT2D eigenvalue weighted by Crippen LogP contribution is 2.09. The fourth-order valence-electron chi connectivity index (χ4n) is 0.425. The van der Waals surface area contributed by atoms with Crippen molar-refractivity contribution in [2.24, 2.45) is 0 Å². The molecule has 0 unspecified atom stereocenters. The maximum atomic E-state index is 4.17. The Balaban J connectivity index is 4.42. The first-order valence-corrected chi connectivity index (χ1v) is 3.70. The number of thiol groups is 1. The topological polar surface area (TPSA) is 0 Å². The highest BCUT2D eigenvalue weighted by molar-refractivity contribution is 7.84. The van der Waals surface area contributed by atoms with E-state index in [4.69, 9.17) is 0 Å². The zero-order chi connectivity index (χ0) is 8.15. The highest BCUT2D eigenvalue weighted by atomic mass is 32.1. The van der Waals surface area contributed by atoms with Gasteiger partial charge in [-0.1, -0.05) is 23.8 Å². The molecule has 0 rings (SSSR count). The van der Waals surface area contributed by atoms with Crippen molar-refractivity contribution >= 4 is 12.6 Å². The van der Waals surface area contributed by atoms with Crippen LogP contribution in [0.5, 0.6) is 0 Å². The van der Waals surface area contributed by atoms with Gasteiger partial charge in [-0.2, -0.15) is 0 Å². The van der Waals surface area contributed by atoms with E-state index >= 15 is 0 Å². The van der Waals surface area contributed by atoms with E-state index in [1.54, 1.807) is 6.08 Å². The summed E-state index contributed by atoms with van der Waals surface area (Å²) >= 11 is 4.17. The predicted octanol–water partition coefficient (Wildman–Crippen LogP) is 3.34. The molecule has 56 valence electrons. The molecule has 0 heterocycles. The van der Waals surface area contributed by atoms with E-state index in [2.05, 4.69) is 40.0 Å². The summed E-state index contributed by atoms with van der Waals surface area (Å²) < 4.78 is 0. The Morgan fingerprint density at radius 1 is 1.30 bits per heavy atom. The van der Waals surface area contributed by atoms with Crippen LogP contribution in [0.4, 0.5) is 0 Å². The van der Waals surface area contributed by atoms with Gasteiger partial charge in [0.15, 0.2) is 0 Å². The quantitative estimate of drug-likeness (QED) is 0.457. The molecule has 0 fully saturated rings. The fraction of sp³-hybridized carbons (Fsp3) is 0.333. The van der Waals surface area contributed by atoms with Gasteiger partial charge in [-0.15, -0.1) is 12.6 Å². The summed E-state index contributed by atoms with van der Waals surface area (Å²) in [7, 11) is 0. The molecular formula is C9H14S. The maximum Gasteiger partial charge on any atom is 0.00367 e. The molecule has 0 radical (unpaired) electrons. The van der Waals surface area contributed by atoms with Crippen molar-refractivity contribution in [3.63, 3.8) is 0 Å². The van der Waals surface area contributed by atoms with Gasteiger partial charge in [-0.25, -0.2) is 0 Å². The van der Waals surface area contributed by atoms with Crippen LogP contribution in [-0.4, -0.2) is 0 Å². The third kappa shape index (κ3) is 3.57. The van der Waals surface area contributed by atoms with Gasteiger partial charge >= 0.3 is 0 Å². The Hall–Kier alpha value is -0.430. The first-order valence-electron chi connectivity index (χ1n) is 3.25. The first kappa shape index (κ1) is 9.57. The Labute approximate surface area is 68.7 Å². The molecule has 0 aliphatic rings. The average Bonchev–Trinajstić information content (AvgIpc) is 1.87.